The number of likely N-dealkylation sites (tertiary alicyclic amines) is 1. The van der Waals surface area contributed by atoms with Gasteiger partial charge in [-0.25, -0.2) is 0 Å². The first kappa shape index (κ1) is 13.9. The monoisotopic (exact) mass is 277 g/mol. The lowest BCUT2D eigenvalue weighted by molar-refractivity contribution is 0.218. The average Bonchev–Trinajstić information content (AvgIpc) is 2.65. The van der Waals surface area contributed by atoms with Crippen molar-refractivity contribution in [1.29, 1.82) is 0 Å². The number of hydrogen-bond acceptors (Lipinski definition) is 1. The predicted octanol–water partition coefficient (Wildman–Crippen LogP) is 4.18. The van der Waals surface area contributed by atoms with E-state index in [1.165, 1.54) is 57.2 Å². The van der Waals surface area contributed by atoms with Gasteiger partial charge in [0.05, 0.1) is 4.99 Å². The third-order valence-corrected chi connectivity index (χ3v) is 6.60. The summed E-state index contributed by atoms with van der Waals surface area (Å²) in [5.74, 6) is 1.88. The molecule has 1 aliphatic carbocycles. The van der Waals surface area contributed by atoms with Gasteiger partial charge in [-0.3, -0.25) is 0 Å². The first-order chi connectivity index (χ1) is 9.04. The van der Waals surface area contributed by atoms with E-state index in [0.29, 0.717) is 6.04 Å². The van der Waals surface area contributed by atoms with E-state index in [1.807, 2.05) is 0 Å². The molecule has 0 spiro atoms. The summed E-state index contributed by atoms with van der Waals surface area (Å²) >= 11 is 5.68. The second kappa shape index (κ2) is 5.05. The van der Waals surface area contributed by atoms with E-state index in [1.54, 1.807) is 0 Å². The molecule has 4 unspecified atom stereocenters. The van der Waals surface area contributed by atoms with E-state index in [9.17, 15) is 0 Å². The zero-order valence-corrected chi connectivity index (χ0v) is 13.6. The fraction of sp³-hybridized carbons (Fsp3) is 0.938. The molecule has 0 aromatic carbocycles. The third-order valence-electron chi connectivity index (χ3n) is 6.22. The molecule has 4 atom stereocenters. The van der Waals surface area contributed by atoms with Gasteiger partial charge in [0.25, 0.3) is 0 Å². The van der Waals surface area contributed by atoms with Crippen molar-refractivity contribution in [1.82, 2.24) is 4.90 Å². The molecule has 0 N–H and O–H groups in total. The predicted molar refractivity (Wildman–Crippen MR) is 88.4 cm³/mol. The maximum Gasteiger partial charge on any atom is 0.131 e. The van der Waals surface area contributed by atoms with Crippen molar-refractivity contribution >= 4 is 24.5 Å². The summed E-state index contributed by atoms with van der Waals surface area (Å²) in [6.45, 7) is 7.04. The Hall–Kier alpha value is -0.0451. The highest BCUT2D eigenvalue weighted by atomic mass is 32.1. The lowest BCUT2D eigenvalue weighted by atomic mass is 9.29. The number of fused-ring (bicyclic) bond motifs is 2. The van der Waals surface area contributed by atoms with Crippen LogP contribution in [0.3, 0.4) is 0 Å². The summed E-state index contributed by atoms with van der Waals surface area (Å²) in [6.07, 6.45) is 9.86. The van der Waals surface area contributed by atoms with Crippen LogP contribution in [0.4, 0.5) is 0 Å². The molecule has 3 aliphatic heterocycles. The number of nitrogens with zero attached hydrogens (tertiary/aromatic N) is 1. The van der Waals surface area contributed by atoms with Crippen LogP contribution in [0.1, 0.15) is 65.7 Å². The van der Waals surface area contributed by atoms with Gasteiger partial charge in [0, 0.05) is 18.5 Å². The van der Waals surface area contributed by atoms with Crippen molar-refractivity contribution in [2.75, 3.05) is 0 Å². The molecule has 1 saturated carbocycles. The Morgan fingerprint density at radius 2 is 2.21 bits per heavy atom. The van der Waals surface area contributed by atoms with Crippen molar-refractivity contribution in [3.8, 4) is 0 Å². The zero-order valence-electron chi connectivity index (χ0n) is 12.8. The van der Waals surface area contributed by atoms with Gasteiger partial charge in [-0.1, -0.05) is 62.4 Å². The van der Waals surface area contributed by atoms with Gasteiger partial charge in [-0.05, 0) is 26.2 Å². The van der Waals surface area contributed by atoms with Gasteiger partial charge in [0.15, 0.2) is 0 Å². The highest BCUT2D eigenvalue weighted by Crippen LogP contribution is 2.59. The van der Waals surface area contributed by atoms with Crippen LogP contribution in [0.5, 0.6) is 0 Å². The molecular formula is C16H28BNS. The minimum atomic E-state index is 0.596. The zero-order chi connectivity index (χ0) is 13.6. The van der Waals surface area contributed by atoms with Gasteiger partial charge >= 0.3 is 0 Å². The number of hydrogen-bond donors (Lipinski definition) is 0. The fourth-order valence-electron chi connectivity index (χ4n) is 5.28. The molecular weight excluding hydrogens is 249 g/mol. The van der Waals surface area contributed by atoms with Gasteiger partial charge in [-0.2, -0.15) is 0 Å². The fourth-order valence-corrected chi connectivity index (χ4v) is 5.84. The Morgan fingerprint density at radius 3 is 2.84 bits per heavy atom. The maximum absolute atomic E-state index is 5.68. The third kappa shape index (κ3) is 2.37. The van der Waals surface area contributed by atoms with Gasteiger partial charge in [0.2, 0.25) is 0 Å². The van der Waals surface area contributed by atoms with Crippen molar-refractivity contribution in [3.05, 3.63) is 0 Å². The largest absolute Gasteiger partial charge is 0.360 e. The SMILES string of the molecule is CCC12BC(CC3CC(=S)N(C(C)C)C3CCC1)C2. The van der Waals surface area contributed by atoms with E-state index < -0.39 is 0 Å². The first-order valence-electron chi connectivity index (χ1n) is 8.36. The molecule has 1 nitrogen and oxygen atoms in total. The molecule has 3 heteroatoms. The van der Waals surface area contributed by atoms with Crippen LogP contribution in [0.25, 0.3) is 0 Å². The van der Waals surface area contributed by atoms with E-state index >= 15 is 0 Å². The topological polar surface area (TPSA) is 3.24 Å². The van der Waals surface area contributed by atoms with E-state index in [2.05, 4.69) is 25.7 Å². The molecule has 4 aliphatic rings. The molecule has 0 aromatic heterocycles. The van der Waals surface area contributed by atoms with Crippen LogP contribution >= 0.6 is 12.2 Å². The number of rotatable bonds is 2. The van der Waals surface area contributed by atoms with E-state index in [0.717, 1.165) is 23.1 Å². The van der Waals surface area contributed by atoms with Gasteiger partial charge in [0.1, 0.15) is 7.28 Å². The number of thiocarbonyl (C=S) groups is 1. The Kier molecular flexibility index (Phi) is 3.70. The van der Waals surface area contributed by atoms with Crippen molar-refractivity contribution in [2.45, 2.75) is 88.9 Å². The second-order valence-corrected chi connectivity index (χ2v) is 8.15. The molecule has 106 valence electrons. The lowest BCUT2D eigenvalue weighted by Crippen LogP contribution is -2.40. The van der Waals surface area contributed by atoms with Crippen molar-refractivity contribution in [2.24, 2.45) is 5.92 Å². The highest BCUT2D eigenvalue weighted by Gasteiger charge is 2.48. The molecule has 4 rings (SSSR count). The lowest BCUT2D eigenvalue weighted by Gasteiger charge is -2.47. The Bertz CT molecular complexity index is 362. The van der Waals surface area contributed by atoms with Crippen LogP contribution in [-0.4, -0.2) is 29.3 Å². The normalized spacial score (nSPS) is 42.0. The molecule has 0 amide bonds. The summed E-state index contributed by atoms with van der Waals surface area (Å²) < 4.78 is 0. The van der Waals surface area contributed by atoms with Gasteiger partial charge in [-0.15, -0.1) is 0 Å². The summed E-state index contributed by atoms with van der Waals surface area (Å²) in [4.78, 5) is 3.84. The Balaban J connectivity index is 1.75. The standard InChI is InChI=1S/C16H28BNS/c1-4-16-7-5-6-14-12(8-13(10-16)17-16)9-15(19)18(14)11(2)3/h11-14,17H,4-10H2,1-3H3. The van der Waals surface area contributed by atoms with Crippen LogP contribution in [0, 0.1) is 5.92 Å². The van der Waals surface area contributed by atoms with Crippen LogP contribution in [-0.2, 0) is 0 Å². The molecule has 3 saturated heterocycles. The summed E-state index contributed by atoms with van der Waals surface area (Å²) in [7, 11) is 1.52. The first-order valence-corrected chi connectivity index (χ1v) is 8.76. The highest BCUT2D eigenvalue weighted by molar-refractivity contribution is 7.80. The van der Waals surface area contributed by atoms with Crippen molar-refractivity contribution < 1.29 is 0 Å². The van der Waals surface area contributed by atoms with Crippen LogP contribution in [0.15, 0.2) is 0 Å². The summed E-state index contributed by atoms with van der Waals surface area (Å²) in [6, 6.07) is 1.36. The molecule has 0 radical (unpaired) electrons. The summed E-state index contributed by atoms with van der Waals surface area (Å²) in [5.41, 5.74) is 0. The second-order valence-electron chi connectivity index (χ2n) is 7.68. The maximum atomic E-state index is 5.68. The van der Waals surface area contributed by atoms with Crippen LogP contribution in [0.2, 0.25) is 11.1 Å². The Labute approximate surface area is 124 Å². The minimum Gasteiger partial charge on any atom is -0.360 e. The van der Waals surface area contributed by atoms with Crippen molar-refractivity contribution in [3.63, 3.8) is 0 Å². The quantitative estimate of drug-likeness (QED) is 0.550. The van der Waals surface area contributed by atoms with E-state index in [-0.39, 0.29) is 0 Å². The molecule has 0 aromatic rings. The van der Waals surface area contributed by atoms with Crippen LogP contribution < -0.4 is 0 Å². The van der Waals surface area contributed by atoms with E-state index in [4.69, 9.17) is 12.2 Å². The molecule has 3 heterocycles. The molecule has 4 fully saturated rings. The smallest absolute Gasteiger partial charge is 0.131 e. The molecule has 2 bridgehead atoms. The van der Waals surface area contributed by atoms with Gasteiger partial charge < -0.3 is 4.90 Å². The average molecular weight is 277 g/mol. The Morgan fingerprint density at radius 1 is 1.47 bits per heavy atom. The molecule has 19 heavy (non-hydrogen) atoms. The summed E-state index contributed by atoms with van der Waals surface area (Å²) in [5, 5.41) is 0.743. The minimum absolute atomic E-state index is 0.596.